The van der Waals surface area contributed by atoms with Gasteiger partial charge in [0.05, 0.1) is 6.04 Å². The first-order valence-electron chi connectivity index (χ1n) is 11.3. The first kappa shape index (κ1) is 30.3. The van der Waals surface area contributed by atoms with Crippen LogP contribution in [-0.2, 0) is 24.0 Å². The largest absolute Gasteiger partial charge is 0.480 e. The molecule has 0 fully saturated rings. The summed E-state index contributed by atoms with van der Waals surface area (Å²) in [7, 11) is 0. The molecular formula is C22H41N5O6. The van der Waals surface area contributed by atoms with Crippen LogP contribution in [0.1, 0.15) is 67.2 Å². The lowest BCUT2D eigenvalue weighted by atomic mass is 9.98. The van der Waals surface area contributed by atoms with Crippen molar-refractivity contribution in [3.05, 3.63) is 0 Å². The molecule has 0 bridgehead atoms. The van der Waals surface area contributed by atoms with Gasteiger partial charge >= 0.3 is 5.97 Å². The van der Waals surface area contributed by atoms with Gasteiger partial charge in [0.2, 0.25) is 23.6 Å². The van der Waals surface area contributed by atoms with Crippen LogP contribution >= 0.6 is 0 Å². The fourth-order valence-electron chi connectivity index (χ4n) is 3.15. The quantitative estimate of drug-likeness (QED) is 0.191. The number of hydrogen-bond donors (Lipinski definition) is 6. The molecule has 4 unspecified atom stereocenters. The average molecular weight is 472 g/mol. The molecule has 11 nitrogen and oxygen atoms in total. The van der Waals surface area contributed by atoms with Gasteiger partial charge < -0.3 is 32.5 Å². The highest BCUT2D eigenvalue weighted by molar-refractivity contribution is 5.94. The Kier molecular flexibility index (Phi) is 13.3. The van der Waals surface area contributed by atoms with E-state index in [1.807, 2.05) is 27.7 Å². The van der Waals surface area contributed by atoms with E-state index >= 15 is 0 Å². The third-order valence-corrected chi connectivity index (χ3v) is 4.95. The van der Waals surface area contributed by atoms with E-state index in [0.717, 1.165) is 0 Å². The Labute approximate surface area is 195 Å². The van der Waals surface area contributed by atoms with Gasteiger partial charge in [0.15, 0.2) is 0 Å². The van der Waals surface area contributed by atoms with Crippen LogP contribution in [0.2, 0.25) is 0 Å². The van der Waals surface area contributed by atoms with Gasteiger partial charge in [-0.3, -0.25) is 19.2 Å². The van der Waals surface area contributed by atoms with Crippen LogP contribution in [0.15, 0.2) is 0 Å². The van der Waals surface area contributed by atoms with Crippen molar-refractivity contribution in [2.75, 3.05) is 0 Å². The Morgan fingerprint density at radius 1 is 0.758 bits per heavy atom. The molecule has 0 aromatic rings. The number of primary amides is 1. The SMILES string of the molecule is CC(C)CC(NC(=O)C(CC(C)C)NC(=O)C(NC(=O)C(N)CCC(N)=O)C(C)C)C(=O)O. The van der Waals surface area contributed by atoms with Gasteiger partial charge in [0.25, 0.3) is 0 Å². The molecule has 0 saturated carbocycles. The van der Waals surface area contributed by atoms with E-state index in [4.69, 9.17) is 11.5 Å². The van der Waals surface area contributed by atoms with E-state index in [9.17, 15) is 29.1 Å². The molecule has 0 rings (SSSR count). The summed E-state index contributed by atoms with van der Waals surface area (Å²) in [4.78, 5) is 60.6. The molecule has 0 spiro atoms. The van der Waals surface area contributed by atoms with Gasteiger partial charge in [0.1, 0.15) is 18.1 Å². The zero-order valence-corrected chi connectivity index (χ0v) is 20.5. The highest BCUT2D eigenvalue weighted by atomic mass is 16.4. The fraction of sp³-hybridized carbons (Fsp3) is 0.773. The zero-order chi connectivity index (χ0) is 25.9. The predicted molar refractivity (Wildman–Crippen MR) is 124 cm³/mol. The topological polar surface area (TPSA) is 194 Å². The lowest BCUT2D eigenvalue weighted by Gasteiger charge is -2.28. The van der Waals surface area contributed by atoms with E-state index in [2.05, 4.69) is 16.0 Å². The number of aliphatic carboxylic acids is 1. The van der Waals surface area contributed by atoms with Crippen LogP contribution in [-0.4, -0.2) is 58.9 Å². The molecule has 0 aliphatic heterocycles. The van der Waals surface area contributed by atoms with E-state index in [-0.39, 0.29) is 43.4 Å². The van der Waals surface area contributed by atoms with Crippen molar-refractivity contribution >= 4 is 29.6 Å². The van der Waals surface area contributed by atoms with Crippen LogP contribution in [0.4, 0.5) is 0 Å². The van der Waals surface area contributed by atoms with Crippen molar-refractivity contribution in [1.29, 1.82) is 0 Å². The summed E-state index contributed by atoms with van der Waals surface area (Å²) in [5.74, 6) is -3.78. The Bertz CT molecular complexity index is 695. The molecule has 8 N–H and O–H groups in total. The van der Waals surface area contributed by atoms with Gasteiger partial charge in [-0.1, -0.05) is 41.5 Å². The monoisotopic (exact) mass is 471 g/mol. The molecule has 4 amide bonds. The number of carbonyl (C=O) groups is 5. The second-order valence-corrected chi connectivity index (χ2v) is 9.56. The third kappa shape index (κ3) is 12.2. The van der Waals surface area contributed by atoms with Gasteiger partial charge in [-0.15, -0.1) is 0 Å². The summed E-state index contributed by atoms with van der Waals surface area (Å²) in [6.07, 6.45) is 0.503. The molecular weight excluding hydrogens is 430 g/mol. The molecule has 11 heteroatoms. The van der Waals surface area contributed by atoms with Crippen molar-refractivity contribution in [1.82, 2.24) is 16.0 Å². The highest BCUT2D eigenvalue weighted by Crippen LogP contribution is 2.11. The number of carboxylic acids is 1. The number of carboxylic acid groups (broad SMARTS) is 1. The zero-order valence-electron chi connectivity index (χ0n) is 20.5. The van der Waals surface area contributed by atoms with Crippen LogP contribution in [0, 0.1) is 17.8 Å². The van der Waals surface area contributed by atoms with Crippen molar-refractivity contribution in [3.8, 4) is 0 Å². The average Bonchev–Trinajstić information content (AvgIpc) is 2.67. The molecule has 0 aromatic carbocycles. The molecule has 33 heavy (non-hydrogen) atoms. The Morgan fingerprint density at radius 3 is 1.67 bits per heavy atom. The van der Waals surface area contributed by atoms with Crippen LogP contribution < -0.4 is 27.4 Å². The van der Waals surface area contributed by atoms with Crippen molar-refractivity contribution in [2.45, 2.75) is 91.4 Å². The lowest BCUT2D eigenvalue weighted by Crippen LogP contribution is -2.58. The molecule has 0 heterocycles. The maximum atomic E-state index is 13.0. The van der Waals surface area contributed by atoms with E-state index in [1.54, 1.807) is 13.8 Å². The van der Waals surface area contributed by atoms with Crippen LogP contribution in [0.3, 0.4) is 0 Å². The van der Waals surface area contributed by atoms with Crippen molar-refractivity contribution < 1.29 is 29.1 Å². The minimum atomic E-state index is -1.15. The fourth-order valence-corrected chi connectivity index (χ4v) is 3.15. The van der Waals surface area contributed by atoms with Crippen molar-refractivity contribution in [3.63, 3.8) is 0 Å². The second-order valence-electron chi connectivity index (χ2n) is 9.56. The summed E-state index contributed by atoms with van der Waals surface area (Å²) >= 11 is 0. The maximum Gasteiger partial charge on any atom is 0.326 e. The first-order chi connectivity index (χ1) is 15.1. The van der Waals surface area contributed by atoms with Crippen molar-refractivity contribution in [2.24, 2.45) is 29.2 Å². The Hall–Kier alpha value is -2.69. The van der Waals surface area contributed by atoms with Gasteiger partial charge in [0, 0.05) is 6.42 Å². The molecule has 0 saturated heterocycles. The van der Waals surface area contributed by atoms with E-state index < -0.39 is 53.8 Å². The second kappa shape index (κ2) is 14.5. The van der Waals surface area contributed by atoms with E-state index in [1.165, 1.54) is 0 Å². The molecule has 0 aliphatic rings. The number of hydrogen-bond acceptors (Lipinski definition) is 6. The molecule has 0 radical (unpaired) electrons. The maximum absolute atomic E-state index is 13.0. The van der Waals surface area contributed by atoms with Gasteiger partial charge in [-0.25, -0.2) is 4.79 Å². The minimum Gasteiger partial charge on any atom is -0.480 e. The summed E-state index contributed by atoms with van der Waals surface area (Å²) < 4.78 is 0. The molecule has 0 aliphatic carbocycles. The third-order valence-electron chi connectivity index (χ3n) is 4.95. The summed E-state index contributed by atoms with van der Waals surface area (Å²) in [6, 6.07) is -4.06. The Morgan fingerprint density at radius 2 is 1.24 bits per heavy atom. The number of nitrogens with two attached hydrogens (primary N) is 2. The number of carbonyl (C=O) groups excluding carboxylic acids is 4. The molecule has 0 aromatic heterocycles. The van der Waals surface area contributed by atoms with Gasteiger partial charge in [-0.05, 0) is 37.0 Å². The summed E-state index contributed by atoms with van der Waals surface area (Å²) in [6.45, 7) is 10.9. The van der Waals surface area contributed by atoms with Crippen LogP contribution in [0.25, 0.3) is 0 Å². The van der Waals surface area contributed by atoms with Crippen LogP contribution in [0.5, 0.6) is 0 Å². The molecule has 4 atom stereocenters. The number of amides is 4. The normalized spacial score (nSPS) is 15.0. The predicted octanol–water partition coefficient (Wildman–Crippen LogP) is -0.134. The molecule has 190 valence electrons. The minimum absolute atomic E-state index is 0.0312. The highest BCUT2D eigenvalue weighted by Gasteiger charge is 2.32. The smallest absolute Gasteiger partial charge is 0.326 e. The first-order valence-corrected chi connectivity index (χ1v) is 11.3. The number of rotatable bonds is 15. The summed E-state index contributed by atoms with van der Waals surface area (Å²) in [5, 5.41) is 17.1. The summed E-state index contributed by atoms with van der Waals surface area (Å²) in [5.41, 5.74) is 10.9. The number of nitrogens with one attached hydrogen (secondary N) is 3. The van der Waals surface area contributed by atoms with E-state index in [0.29, 0.717) is 0 Å². The Balaban J connectivity index is 5.40. The van der Waals surface area contributed by atoms with Gasteiger partial charge in [-0.2, -0.15) is 0 Å². The lowest BCUT2D eigenvalue weighted by molar-refractivity contribution is -0.143. The standard InChI is InChI=1S/C22H41N5O6/c1-11(2)9-15(20(30)26-16(22(32)33)10-12(3)4)25-21(31)18(13(5)6)27-19(29)14(23)7-8-17(24)28/h11-16,18H,7-10,23H2,1-6H3,(H2,24,28)(H,25,31)(H,26,30)(H,27,29)(H,32,33).